The summed E-state index contributed by atoms with van der Waals surface area (Å²) in [6.07, 6.45) is 8.05. The summed E-state index contributed by atoms with van der Waals surface area (Å²) in [5.41, 5.74) is 3.07. The molecule has 0 bridgehead atoms. The van der Waals surface area contributed by atoms with Gasteiger partial charge in [0.15, 0.2) is 0 Å². The van der Waals surface area contributed by atoms with Gasteiger partial charge in [0.25, 0.3) is 0 Å². The van der Waals surface area contributed by atoms with Crippen molar-refractivity contribution in [2.24, 2.45) is 5.92 Å². The Morgan fingerprint density at radius 3 is 2.60 bits per heavy atom. The lowest BCUT2D eigenvalue weighted by atomic mass is 9.89. The van der Waals surface area contributed by atoms with E-state index in [2.05, 4.69) is 10.6 Å². The summed E-state index contributed by atoms with van der Waals surface area (Å²) in [6.45, 7) is 0.488. The number of benzene rings is 2. The lowest BCUT2D eigenvalue weighted by Gasteiger charge is -2.24. The predicted molar refractivity (Wildman–Crippen MR) is 117 cm³/mol. The van der Waals surface area contributed by atoms with E-state index in [9.17, 15) is 9.59 Å². The van der Waals surface area contributed by atoms with E-state index in [4.69, 9.17) is 4.74 Å². The molecule has 0 spiro atoms. The normalized spacial score (nSPS) is 18.9. The van der Waals surface area contributed by atoms with Gasteiger partial charge < -0.3 is 15.4 Å². The smallest absolute Gasteiger partial charge is 0.227 e. The maximum atomic E-state index is 12.3. The van der Waals surface area contributed by atoms with Crippen LogP contribution in [0.3, 0.4) is 0 Å². The molecule has 1 heterocycles. The molecule has 1 unspecified atom stereocenters. The summed E-state index contributed by atoms with van der Waals surface area (Å²) < 4.78 is 6.05. The molecule has 0 aromatic heterocycles. The second-order valence-corrected chi connectivity index (χ2v) is 8.38. The number of hydrogen-bond donors (Lipinski definition) is 2. The van der Waals surface area contributed by atoms with Crippen LogP contribution in [-0.2, 0) is 22.6 Å². The maximum absolute atomic E-state index is 12.3. The number of para-hydroxylation sites is 1. The van der Waals surface area contributed by atoms with Crippen molar-refractivity contribution in [3.63, 3.8) is 0 Å². The van der Waals surface area contributed by atoms with Gasteiger partial charge in [0, 0.05) is 24.6 Å². The molecular weight excluding hydrogens is 376 g/mol. The lowest BCUT2D eigenvalue weighted by Crippen LogP contribution is -2.31. The van der Waals surface area contributed by atoms with Crippen LogP contribution >= 0.6 is 0 Å². The molecule has 158 valence electrons. The number of nitrogens with one attached hydrogen (secondary N) is 2. The van der Waals surface area contributed by atoms with E-state index in [0.29, 0.717) is 31.9 Å². The second kappa shape index (κ2) is 9.79. The summed E-state index contributed by atoms with van der Waals surface area (Å²) in [7, 11) is 0. The van der Waals surface area contributed by atoms with Crippen molar-refractivity contribution in [2.45, 2.75) is 64.0 Å². The van der Waals surface area contributed by atoms with Gasteiger partial charge in [-0.3, -0.25) is 9.59 Å². The Labute approximate surface area is 178 Å². The van der Waals surface area contributed by atoms with Crippen LogP contribution < -0.4 is 15.4 Å². The van der Waals surface area contributed by atoms with Gasteiger partial charge in [-0.25, -0.2) is 0 Å². The molecule has 5 nitrogen and oxygen atoms in total. The third-order valence-electron chi connectivity index (χ3n) is 6.10. The van der Waals surface area contributed by atoms with E-state index < -0.39 is 0 Å². The van der Waals surface area contributed by atoms with Crippen LogP contribution in [0.25, 0.3) is 0 Å². The van der Waals surface area contributed by atoms with Gasteiger partial charge in [-0.1, -0.05) is 36.8 Å². The number of anilines is 1. The van der Waals surface area contributed by atoms with Crippen molar-refractivity contribution >= 4 is 17.5 Å². The van der Waals surface area contributed by atoms with Crippen LogP contribution in [0.5, 0.6) is 5.75 Å². The van der Waals surface area contributed by atoms with Gasteiger partial charge in [-0.2, -0.15) is 0 Å². The van der Waals surface area contributed by atoms with E-state index in [1.54, 1.807) is 0 Å². The van der Waals surface area contributed by atoms with E-state index in [0.717, 1.165) is 35.4 Å². The zero-order valence-electron chi connectivity index (χ0n) is 17.4. The molecule has 2 aliphatic rings. The molecule has 1 saturated carbocycles. The number of amides is 2. The minimum atomic E-state index is -0.151. The van der Waals surface area contributed by atoms with Crippen LogP contribution in [-0.4, -0.2) is 17.9 Å². The molecule has 0 saturated heterocycles. The van der Waals surface area contributed by atoms with Gasteiger partial charge in [0.05, 0.1) is 6.10 Å². The Hall–Kier alpha value is -2.82. The molecule has 1 aliphatic heterocycles. The minimum absolute atomic E-state index is 0.00931. The average Bonchev–Trinajstić information content (AvgIpc) is 2.78. The minimum Gasteiger partial charge on any atom is -0.490 e. The first-order chi connectivity index (χ1) is 14.7. The number of hydrogen-bond acceptors (Lipinski definition) is 3. The Morgan fingerprint density at radius 2 is 1.80 bits per heavy atom. The monoisotopic (exact) mass is 406 g/mol. The molecule has 30 heavy (non-hydrogen) atoms. The van der Waals surface area contributed by atoms with Gasteiger partial charge in [0.2, 0.25) is 11.8 Å². The summed E-state index contributed by atoms with van der Waals surface area (Å²) in [5.74, 6) is 0.738. The fourth-order valence-electron chi connectivity index (χ4n) is 4.30. The Balaban J connectivity index is 1.20. The van der Waals surface area contributed by atoms with Crippen LogP contribution in [0.15, 0.2) is 48.5 Å². The molecule has 0 radical (unpaired) electrons. The summed E-state index contributed by atoms with van der Waals surface area (Å²) >= 11 is 0. The average molecular weight is 407 g/mol. The first-order valence-corrected chi connectivity index (χ1v) is 11.1. The molecule has 2 aromatic rings. The standard InChI is InChI=1S/C25H30N2O3/c28-24(15-12-20-16-19-6-4-5-9-23(19)27-25(20)29)26-17-18-10-13-22(14-11-18)30-21-7-2-1-3-8-21/h4-6,9-11,13-14,20-21H,1-3,7-8,12,15-17H2,(H,26,28)(H,27,29). The third kappa shape index (κ3) is 5.41. The van der Waals surface area contributed by atoms with Crippen molar-refractivity contribution < 1.29 is 14.3 Å². The summed E-state index contributed by atoms with van der Waals surface area (Å²) in [4.78, 5) is 24.5. The molecule has 1 atom stereocenters. The highest BCUT2D eigenvalue weighted by atomic mass is 16.5. The lowest BCUT2D eigenvalue weighted by molar-refractivity contribution is -0.122. The Morgan fingerprint density at radius 1 is 1.03 bits per heavy atom. The van der Waals surface area contributed by atoms with Gasteiger partial charge in [-0.15, -0.1) is 0 Å². The molecule has 2 aromatic carbocycles. The number of rotatable bonds is 7. The zero-order chi connectivity index (χ0) is 20.8. The number of carbonyl (C=O) groups is 2. The molecule has 1 aliphatic carbocycles. The van der Waals surface area contributed by atoms with Crippen LogP contribution in [0.2, 0.25) is 0 Å². The fourth-order valence-corrected chi connectivity index (χ4v) is 4.30. The molecule has 4 rings (SSSR count). The van der Waals surface area contributed by atoms with Crippen molar-refractivity contribution in [1.29, 1.82) is 0 Å². The van der Waals surface area contributed by atoms with E-state index in [1.165, 1.54) is 19.3 Å². The SMILES string of the molecule is O=C(CCC1Cc2ccccc2NC1=O)NCc1ccc(OC2CCCCC2)cc1. The van der Waals surface area contributed by atoms with Crippen LogP contribution in [0, 0.1) is 5.92 Å². The first-order valence-electron chi connectivity index (χ1n) is 11.1. The Kier molecular flexibility index (Phi) is 6.67. The van der Waals surface area contributed by atoms with Gasteiger partial charge >= 0.3 is 0 Å². The second-order valence-electron chi connectivity index (χ2n) is 8.38. The molecule has 5 heteroatoms. The van der Waals surface area contributed by atoms with E-state index in [1.807, 2.05) is 48.5 Å². The van der Waals surface area contributed by atoms with Crippen molar-refractivity contribution in [3.8, 4) is 5.75 Å². The van der Waals surface area contributed by atoms with E-state index in [-0.39, 0.29) is 17.7 Å². The number of ether oxygens (including phenoxy) is 1. The van der Waals surface area contributed by atoms with Crippen LogP contribution in [0.4, 0.5) is 5.69 Å². The molecule has 2 N–H and O–H groups in total. The quantitative estimate of drug-likeness (QED) is 0.706. The van der Waals surface area contributed by atoms with E-state index >= 15 is 0 Å². The zero-order valence-corrected chi connectivity index (χ0v) is 17.4. The topological polar surface area (TPSA) is 67.4 Å². The number of fused-ring (bicyclic) bond motifs is 1. The molecular formula is C25H30N2O3. The first kappa shape index (κ1) is 20.5. The van der Waals surface area contributed by atoms with Gasteiger partial charge in [0.1, 0.15) is 5.75 Å². The van der Waals surface area contributed by atoms with Crippen molar-refractivity contribution in [1.82, 2.24) is 5.32 Å². The molecule has 2 amide bonds. The fraction of sp³-hybridized carbons (Fsp3) is 0.440. The third-order valence-corrected chi connectivity index (χ3v) is 6.10. The summed E-state index contributed by atoms with van der Waals surface area (Å²) in [5, 5.41) is 5.91. The Bertz CT molecular complexity index is 872. The summed E-state index contributed by atoms with van der Waals surface area (Å²) in [6, 6.07) is 15.8. The van der Waals surface area contributed by atoms with Crippen molar-refractivity contribution in [2.75, 3.05) is 5.32 Å². The highest BCUT2D eigenvalue weighted by Crippen LogP contribution is 2.27. The van der Waals surface area contributed by atoms with Gasteiger partial charge in [-0.05, 0) is 67.9 Å². The largest absolute Gasteiger partial charge is 0.490 e. The maximum Gasteiger partial charge on any atom is 0.227 e. The predicted octanol–water partition coefficient (Wildman–Crippen LogP) is 4.61. The highest BCUT2D eigenvalue weighted by molar-refractivity contribution is 5.96. The van der Waals surface area contributed by atoms with Crippen LogP contribution in [0.1, 0.15) is 56.1 Å². The molecule has 1 fully saturated rings. The highest BCUT2D eigenvalue weighted by Gasteiger charge is 2.26. The number of carbonyl (C=O) groups excluding carboxylic acids is 2. The van der Waals surface area contributed by atoms with Crippen molar-refractivity contribution in [3.05, 3.63) is 59.7 Å².